The third kappa shape index (κ3) is 2.85. The van der Waals surface area contributed by atoms with Gasteiger partial charge in [0.2, 0.25) is 5.88 Å². The summed E-state index contributed by atoms with van der Waals surface area (Å²) in [6.45, 7) is 5.08. The number of anilines is 1. The molecule has 1 atom stereocenters. The maximum Gasteiger partial charge on any atom is 0.218 e. The number of aromatic nitrogens is 2. The van der Waals surface area contributed by atoms with E-state index >= 15 is 0 Å². The summed E-state index contributed by atoms with van der Waals surface area (Å²) in [6, 6.07) is 1.91. The van der Waals surface area contributed by atoms with Gasteiger partial charge in [0, 0.05) is 19.2 Å². The summed E-state index contributed by atoms with van der Waals surface area (Å²) in [4.78, 5) is 11.0. The van der Waals surface area contributed by atoms with Gasteiger partial charge in [0.25, 0.3) is 0 Å². The van der Waals surface area contributed by atoms with E-state index in [1.807, 2.05) is 20.0 Å². The lowest BCUT2D eigenvalue weighted by Crippen LogP contribution is -2.25. The molecule has 1 unspecified atom stereocenters. The van der Waals surface area contributed by atoms with E-state index in [2.05, 4.69) is 20.2 Å². The van der Waals surface area contributed by atoms with Gasteiger partial charge in [-0.15, -0.1) is 0 Å². The summed E-state index contributed by atoms with van der Waals surface area (Å²) in [6.07, 6.45) is 1.21. The van der Waals surface area contributed by atoms with Crippen molar-refractivity contribution < 1.29 is 4.74 Å². The first-order chi connectivity index (χ1) is 8.22. The van der Waals surface area contributed by atoms with Crippen LogP contribution in [-0.4, -0.2) is 43.8 Å². The van der Waals surface area contributed by atoms with Gasteiger partial charge in [-0.25, -0.2) is 4.98 Å². The molecule has 0 aromatic carbocycles. The molecular weight excluding hydrogens is 216 g/mol. The summed E-state index contributed by atoms with van der Waals surface area (Å²) >= 11 is 0. The maximum absolute atomic E-state index is 5.18. The molecule has 1 aliphatic heterocycles. The van der Waals surface area contributed by atoms with Crippen molar-refractivity contribution in [3.05, 3.63) is 11.9 Å². The third-order valence-corrected chi connectivity index (χ3v) is 3.11. The zero-order valence-corrected chi connectivity index (χ0v) is 10.7. The van der Waals surface area contributed by atoms with Crippen LogP contribution in [0.1, 0.15) is 12.2 Å². The zero-order valence-electron chi connectivity index (χ0n) is 10.7. The van der Waals surface area contributed by atoms with Gasteiger partial charge >= 0.3 is 0 Å². The van der Waals surface area contributed by atoms with Crippen LogP contribution < -0.4 is 15.0 Å². The standard InChI is InChI=1S/C12H20N4O/c1-9-14-11(6-12(15-9)17-3)16-5-4-10(8-16)7-13-2/h6,10,13H,4-5,7-8H2,1-3H3. The molecule has 1 aliphatic rings. The second-order valence-corrected chi connectivity index (χ2v) is 4.47. The highest BCUT2D eigenvalue weighted by atomic mass is 16.5. The Hall–Kier alpha value is -1.36. The lowest BCUT2D eigenvalue weighted by molar-refractivity contribution is 0.395. The Balaban J connectivity index is 2.10. The molecule has 5 heteroatoms. The summed E-state index contributed by atoms with van der Waals surface area (Å²) < 4.78 is 5.18. The molecule has 2 rings (SSSR count). The number of ether oxygens (including phenoxy) is 1. The van der Waals surface area contributed by atoms with E-state index in [4.69, 9.17) is 4.74 Å². The fraction of sp³-hybridized carbons (Fsp3) is 0.667. The molecule has 0 aliphatic carbocycles. The van der Waals surface area contributed by atoms with Crippen LogP contribution in [-0.2, 0) is 0 Å². The normalized spacial score (nSPS) is 19.7. The Kier molecular flexibility index (Phi) is 3.78. The Morgan fingerprint density at radius 1 is 1.53 bits per heavy atom. The predicted molar refractivity (Wildman–Crippen MR) is 67.6 cm³/mol. The van der Waals surface area contributed by atoms with Crippen LogP contribution in [0.4, 0.5) is 5.82 Å². The minimum absolute atomic E-state index is 0.643. The van der Waals surface area contributed by atoms with Crippen LogP contribution in [0.3, 0.4) is 0 Å². The zero-order chi connectivity index (χ0) is 12.3. The highest BCUT2D eigenvalue weighted by molar-refractivity contribution is 5.42. The monoisotopic (exact) mass is 236 g/mol. The van der Waals surface area contributed by atoms with Crippen LogP contribution in [0.25, 0.3) is 0 Å². The second-order valence-electron chi connectivity index (χ2n) is 4.47. The lowest BCUT2D eigenvalue weighted by Gasteiger charge is -2.18. The number of hydrogen-bond donors (Lipinski definition) is 1. The van der Waals surface area contributed by atoms with Crippen LogP contribution >= 0.6 is 0 Å². The average molecular weight is 236 g/mol. The van der Waals surface area contributed by atoms with Gasteiger partial charge in [-0.2, -0.15) is 4.98 Å². The largest absolute Gasteiger partial charge is 0.481 e. The van der Waals surface area contributed by atoms with Crippen molar-refractivity contribution in [1.82, 2.24) is 15.3 Å². The first-order valence-electron chi connectivity index (χ1n) is 6.02. The number of hydrogen-bond acceptors (Lipinski definition) is 5. The summed E-state index contributed by atoms with van der Waals surface area (Å²) in [5.74, 6) is 3.09. The van der Waals surface area contributed by atoms with Crippen molar-refractivity contribution in [1.29, 1.82) is 0 Å². The van der Waals surface area contributed by atoms with E-state index in [0.29, 0.717) is 11.8 Å². The van der Waals surface area contributed by atoms with Crippen molar-refractivity contribution in [2.45, 2.75) is 13.3 Å². The van der Waals surface area contributed by atoms with E-state index in [-0.39, 0.29) is 0 Å². The van der Waals surface area contributed by atoms with E-state index in [1.54, 1.807) is 7.11 Å². The molecule has 0 saturated carbocycles. The Morgan fingerprint density at radius 3 is 3.06 bits per heavy atom. The SMILES string of the molecule is CNCC1CCN(c2cc(OC)nc(C)n2)C1. The quantitative estimate of drug-likeness (QED) is 0.839. The van der Waals surface area contributed by atoms with Crippen molar-refractivity contribution in [2.75, 3.05) is 38.7 Å². The number of nitrogens with one attached hydrogen (secondary N) is 1. The van der Waals surface area contributed by atoms with Crippen molar-refractivity contribution in [2.24, 2.45) is 5.92 Å². The van der Waals surface area contributed by atoms with Gasteiger partial charge in [-0.05, 0) is 32.9 Å². The van der Waals surface area contributed by atoms with Crippen molar-refractivity contribution in [3.63, 3.8) is 0 Å². The van der Waals surface area contributed by atoms with E-state index in [9.17, 15) is 0 Å². The Morgan fingerprint density at radius 2 is 2.35 bits per heavy atom. The number of nitrogens with zero attached hydrogens (tertiary/aromatic N) is 3. The van der Waals surface area contributed by atoms with Crippen LogP contribution in [0.2, 0.25) is 0 Å². The van der Waals surface area contributed by atoms with Gasteiger partial charge in [-0.1, -0.05) is 0 Å². The fourth-order valence-electron chi connectivity index (χ4n) is 2.29. The minimum atomic E-state index is 0.643. The second kappa shape index (κ2) is 5.31. The highest BCUT2D eigenvalue weighted by Crippen LogP contribution is 2.24. The van der Waals surface area contributed by atoms with Crippen molar-refractivity contribution in [3.8, 4) is 5.88 Å². The fourth-order valence-corrected chi connectivity index (χ4v) is 2.29. The molecule has 0 radical (unpaired) electrons. The maximum atomic E-state index is 5.18. The van der Waals surface area contributed by atoms with E-state index in [1.165, 1.54) is 6.42 Å². The van der Waals surface area contributed by atoms with Gasteiger partial charge in [0.1, 0.15) is 11.6 Å². The highest BCUT2D eigenvalue weighted by Gasteiger charge is 2.23. The lowest BCUT2D eigenvalue weighted by atomic mass is 10.1. The molecule has 1 fully saturated rings. The van der Waals surface area contributed by atoms with E-state index in [0.717, 1.165) is 31.3 Å². The molecule has 0 amide bonds. The summed E-state index contributed by atoms with van der Waals surface area (Å²) in [5, 5.41) is 3.23. The number of rotatable bonds is 4. The molecule has 94 valence electrons. The number of aryl methyl sites for hydroxylation is 1. The van der Waals surface area contributed by atoms with Gasteiger partial charge in [0.05, 0.1) is 7.11 Å². The summed E-state index contributed by atoms with van der Waals surface area (Å²) in [5.41, 5.74) is 0. The van der Waals surface area contributed by atoms with Crippen LogP contribution in [0.15, 0.2) is 6.07 Å². The predicted octanol–water partition coefficient (Wildman–Crippen LogP) is 0.839. The average Bonchev–Trinajstić information content (AvgIpc) is 2.77. The molecule has 2 heterocycles. The molecule has 17 heavy (non-hydrogen) atoms. The molecule has 5 nitrogen and oxygen atoms in total. The Bertz CT molecular complexity index is 383. The molecule has 1 saturated heterocycles. The third-order valence-electron chi connectivity index (χ3n) is 3.11. The van der Waals surface area contributed by atoms with Gasteiger partial charge in [0.15, 0.2) is 0 Å². The first kappa shape index (κ1) is 12.1. The molecule has 0 bridgehead atoms. The minimum Gasteiger partial charge on any atom is -0.481 e. The van der Waals surface area contributed by atoms with Crippen molar-refractivity contribution >= 4 is 5.82 Å². The van der Waals surface area contributed by atoms with Crippen LogP contribution in [0.5, 0.6) is 5.88 Å². The topological polar surface area (TPSA) is 50.3 Å². The van der Waals surface area contributed by atoms with Crippen LogP contribution in [0, 0.1) is 12.8 Å². The molecular formula is C12H20N4O. The Labute approximate surface area is 102 Å². The first-order valence-corrected chi connectivity index (χ1v) is 6.02. The van der Waals surface area contributed by atoms with Gasteiger partial charge in [-0.3, -0.25) is 0 Å². The molecule has 1 aromatic rings. The molecule has 1 aromatic heterocycles. The van der Waals surface area contributed by atoms with Gasteiger partial charge < -0.3 is 15.0 Å². The molecule has 0 spiro atoms. The molecule has 1 N–H and O–H groups in total. The summed E-state index contributed by atoms with van der Waals surface area (Å²) in [7, 11) is 3.64. The smallest absolute Gasteiger partial charge is 0.218 e. The number of methoxy groups -OCH3 is 1. The van der Waals surface area contributed by atoms with E-state index < -0.39 is 0 Å².